The molecule has 1 N–H and O–H groups in total. The molecule has 1 saturated heterocycles. The molecule has 1 atom stereocenters. The van der Waals surface area contributed by atoms with Gasteiger partial charge in [0.15, 0.2) is 6.10 Å². The summed E-state index contributed by atoms with van der Waals surface area (Å²) in [7, 11) is 0. The van der Waals surface area contributed by atoms with Crippen LogP contribution in [0.3, 0.4) is 0 Å². The van der Waals surface area contributed by atoms with Gasteiger partial charge in [0.1, 0.15) is 5.82 Å². The zero-order valence-corrected chi connectivity index (χ0v) is 18.4. The van der Waals surface area contributed by atoms with Crippen LogP contribution in [0.15, 0.2) is 48.9 Å². The van der Waals surface area contributed by atoms with Crippen molar-refractivity contribution in [3.05, 3.63) is 66.0 Å². The molecule has 1 aromatic carbocycles. The molecule has 32 heavy (non-hydrogen) atoms. The number of nitrogens with zero attached hydrogens (tertiary/aromatic N) is 5. The fourth-order valence-corrected chi connectivity index (χ4v) is 3.74. The van der Waals surface area contributed by atoms with E-state index in [0.717, 1.165) is 22.8 Å². The predicted octanol–water partition coefficient (Wildman–Crippen LogP) is 2.00. The van der Waals surface area contributed by atoms with E-state index in [1.54, 1.807) is 15.8 Å². The van der Waals surface area contributed by atoms with Crippen molar-refractivity contribution in [2.24, 2.45) is 0 Å². The largest absolute Gasteiger partial charge is 0.365 e. The lowest BCUT2D eigenvalue weighted by molar-refractivity contribution is -0.144. The minimum atomic E-state index is -0.706. The predicted molar refractivity (Wildman–Crippen MR) is 119 cm³/mol. The average Bonchev–Trinajstić information content (AvgIpc) is 3.41. The molecule has 1 aliphatic heterocycles. The van der Waals surface area contributed by atoms with Crippen molar-refractivity contribution in [2.75, 3.05) is 25.0 Å². The van der Waals surface area contributed by atoms with Gasteiger partial charge in [-0.2, -0.15) is 5.10 Å². The Morgan fingerprint density at radius 3 is 2.78 bits per heavy atom. The zero-order chi connectivity index (χ0) is 22.5. The number of imidazole rings is 1. The molecule has 0 aliphatic carbocycles. The first kappa shape index (κ1) is 21.8. The fourth-order valence-electron chi connectivity index (χ4n) is 3.74. The summed E-state index contributed by atoms with van der Waals surface area (Å²) < 4.78 is 9.46. The van der Waals surface area contributed by atoms with Gasteiger partial charge in [-0.1, -0.05) is 18.2 Å². The minimum Gasteiger partial charge on any atom is -0.365 e. The molecule has 0 radical (unpaired) electrons. The summed E-state index contributed by atoms with van der Waals surface area (Å²) in [5, 5.41) is 7.29. The molecule has 9 nitrogen and oxygen atoms in total. The van der Waals surface area contributed by atoms with Gasteiger partial charge in [-0.3, -0.25) is 14.3 Å². The Balaban J connectivity index is 1.35. The minimum absolute atomic E-state index is 0.00441. The summed E-state index contributed by atoms with van der Waals surface area (Å²) >= 11 is 0. The molecule has 3 aromatic rings. The van der Waals surface area contributed by atoms with Gasteiger partial charge in [0.05, 0.1) is 25.4 Å². The van der Waals surface area contributed by atoms with Crippen LogP contribution in [0, 0.1) is 13.8 Å². The lowest BCUT2D eigenvalue weighted by Gasteiger charge is -2.32. The van der Waals surface area contributed by atoms with E-state index in [-0.39, 0.29) is 18.4 Å². The molecule has 1 unspecified atom stereocenters. The lowest BCUT2D eigenvalue weighted by Crippen LogP contribution is -2.50. The van der Waals surface area contributed by atoms with Gasteiger partial charge in [-0.25, -0.2) is 4.98 Å². The second-order valence-corrected chi connectivity index (χ2v) is 7.92. The maximum absolute atomic E-state index is 12.9. The van der Waals surface area contributed by atoms with Crippen LogP contribution in [-0.2, 0) is 27.4 Å². The summed E-state index contributed by atoms with van der Waals surface area (Å²) in [5.41, 5.74) is 2.62. The molecule has 1 fully saturated rings. The molecule has 168 valence electrons. The standard InChI is InChI=1S/C23H28N6O3/c1-17-7-10-29(26-17)11-8-22(30)28-13-14-32-21(16-28)23(31)25-20-6-4-3-5-19(20)15-27-12-9-24-18(27)2/h3-7,9-10,12,21H,8,11,13-16H2,1-2H3,(H,25,31). The topological polar surface area (TPSA) is 94.3 Å². The van der Waals surface area contributed by atoms with Crippen molar-refractivity contribution in [2.45, 2.75) is 39.5 Å². The van der Waals surface area contributed by atoms with Crippen LogP contribution in [0.25, 0.3) is 0 Å². The number of ether oxygens (including phenoxy) is 1. The molecular formula is C23H28N6O3. The number of hydrogen-bond donors (Lipinski definition) is 1. The van der Waals surface area contributed by atoms with Gasteiger partial charge >= 0.3 is 0 Å². The van der Waals surface area contributed by atoms with E-state index in [2.05, 4.69) is 15.4 Å². The Morgan fingerprint density at radius 1 is 1.19 bits per heavy atom. The van der Waals surface area contributed by atoms with E-state index < -0.39 is 6.10 Å². The monoisotopic (exact) mass is 436 g/mol. The number of anilines is 1. The van der Waals surface area contributed by atoms with E-state index in [1.165, 1.54) is 0 Å². The first-order valence-corrected chi connectivity index (χ1v) is 10.8. The van der Waals surface area contributed by atoms with E-state index in [4.69, 9.17) is 4.74 Å². The lowest BCUT2D eigenvalue weighted by atomic mass is 10.1. The summed E-state index contributed by atoms with van der Waals surface area (Å²) in [6.07, 6.45) is 5.16. The number of carbonyl (C=O) groups excluding carboxylic acids is 2. The number of amides is 2. The molecule has 0 spiro atoms. The van der Waals surface area contributed by atoms with Crippen LogP contribution < -0.4 is 5.32 Å². The quantitative estimate of drug-likeness (QED) is 0.611. The van der Waals surface area contributed by atoms with Crippen molar-refractivity contribution >= 4 is 17.5 Å². The number of aromatic nitrogens is 4. The Kier molecular flexibility index (Phi) is 6.65. The van der Waals surface area contributed by atoms with Crippen molar-refractivity contribution < 1.29 is 14.3 Å². The molecule has 0 saturated carbocycles. The third-order valence-corrected chi connectivity index (χ3v) is 5.58. The van der Waals surface area contributed by atoms with E-state index in [1.807, 2.05) is 61.1 Å². The van der Waals surface area contributed by atoms with E-state index in [9.17, 15) is 9.59 Å². The summed E-state index contributed by atoms with van der Waals surface area (Å²) in [6.45, 7) is 6.03. The molecule has 1 aliphatic rings. The van der Waals surface area contributed by atoms with Crippen molar-refractivity contribution in [1.82, 2.24) is 24.2 Å². The van der Waals surface area contributed by atoms with Gasteiger partial charge in [0.25, 0.3) is 5.91 Å². The highest BCUT2D eigenvalue weighted by Gasteiger charge is 2.29. The molecule has 9 heteroatoms. The van der Waals surface area contributed by atoms with Crippen LogP contribution in [0.5, 0.6) is 0 Å². The average molecular weight is 437 g/mol. The molecule has 2 amide bonds. The van der Waals surface area contributed by atoms with Gasteiger partial charge in [0, 0.05) is 43.8 Å². The van der Waals surface area contributed by atoms with Crippen molar-refractivity contribution in [1.29, 1.82) is 0 Å². The van der Waals surface area contributed by atoms with Crippen LogP contribution in [0.2, 0.25) is 0 Å². The Morgan fingerprint density at radius 2 is 2.03 bits per heavy atom. The summed E-state index contributed by atoms with van der Waals surface area (Å²) in [5.74, 6) is 0.649. The van der Waals surface area contributed by atoms with Crippen LogP contribution in [-0.4, -0.2) is 61.8 Å². The number of rotatable bonds is 7. The first-order chi connectivity index (χ1) is 15.5. The Hall–Kier alpha value is -3.46. The highest BCUT2D eigenvalue weighted by molar-refractivity contribution is 5.95. The molecule has 3 heterocycles. The van der Waals surface area contributed by atoms with Crippen LogP contribution >= 0.6 is 0 Å². The molecule has 2 aromatic heterocycles. The zero-order valence-electron chi connectivity index (χ0n) is 18.4. The number of nitrogens with one attached hydrogen (secondary N) is 1. The molecular weight excluding hydrogens is 408 g/mol. The smallest absolute Gasteiger partial charge is 0.255 e. The summed E-state index contributed by atoms with van der Waals surface area (Å²) in [6, 6.07) is 9.58. The SMILES string of the molecule is Cc1ccn(CCC(=O)N2CCOC(C(=O)Nc3ccccc3Cn3ccnc3C)C2)n1. The number of aryl methyl sites for hydroxylation is 3. The fraction of sp³-hybridized carbons (Fsp3) is 0.391. The molecule has 0 bridgehead atoms. The van der Waals surface area contributed by atoms with E-state index in [0.29, 0.717) is 32.7 Å². The number of carbonyl (C=O) groups is 2. The normalized spacial score (nSPS) is 16.2. The van der Waals surface area contributed by atoms with Crippen molar-refractivity contribution in [3.8, 4) is 0 Å². The number of benzene rings is 1. The molecule has 4 rings (SSSR count). The van der Waals surface area contributed by atoms with Gasteiger partial charge in [0.2, 0.25) is 5.91 Å². The van der Waals surface area contributed by atoms with Gasteiger partial charge in [-0.15, -0.1) is 0 Å². The maximum atomic E-state index is 12.9. The number of morpholine rings is 1. The van der Waals surface area contributed by atoms with Crippen LogP contribution in [0.1, 0.15) is 23.5 Å². The maximum Gasteiger partial charge on any atom is 0.255 e. The third-order valence-electron chi connectivity index (χ3n) is 5.58. The van der Waals surface area contributed by atoms with Gasteiger partial charge < -0.3 is 19.5 Å². The second-order valence-electron chi connectivity index (χ2n) is 7.92. The number of hydrogen-bond acceptors (Lipinski definition) is 5. The van der Waals surface area contributed by atoms with E-state index >= 15 is 0 Å². The number of para-hydroxylation sites is 1. The second kappa shape index (κ2) is 9.78. The summed E-state index contributed by atoms with van der Waals surface area (Å²) in [4.78, 5) is 31.5. The highest BCUT2D eigenvalue weighted by Crippen LogP contribution is 2.19. The first-order valence-electron chi connectivity index (χ1n) is 10.8. The third kappa shape index (κ3) is 5.23. The Labute approximate surface area is 187 Å². The van der Waals surface area contributed by atoms with Crippen LogP contribution in [0.4, 0.5) is 5.69 Å². The van der Waals surface area contributed by atoms with Crippen molar-refractivity contribution in [3.63, 3.8) is 0 Å². The Bertz CT molecular complexity index is 1090. The highest BCUT2D eigenvalue weighted by atomic mass is 16.5. The van der Waals surface area contributed by atoms with Gasteiger partial charge in [-0.05, 0) is 31.5 Å².